The van der Waals surface area contributed by atoms with Crippen molar-refractivity contribution in [1.82, 2.24) is 5.32 Å². The van der Waals surface area contributed by atoms with Gasteiger partial charge >= 0.3 is 12.1 Å². The number of aliphatic carboxylic acids is 1. The Balaban J connectivity index is 4.34. The van der Waals surface area contributed by atoms with Crippen molar-refractivity contribution in [1.29, 1.82) is 0 Å². The van der Waals surface area contributed by atoms with Gasteiger partial charge in [0.15, 0.2) is 0 Å². The summed E-state index contributed by atoms with van der Waals surface area (Å²) in [6, 6.07) is -0.676. The molecule has 0 radical (unpaired) electrons. The van der Waals surface area contributed by atoms with Gasteiger partial charge in [-0.15, -0.1) is 0 Å². The highest BCUT2D eigenvalue weighted by Gasteiger charge is 2.21. The second kappa shape index (κ2) is 6.83. The van der Waals surface area contributed by atoms with Gasteiger partial charge in [0, 0.05) is 12.5 Å². The molecule has 0 spiro atoms. The summed E-state index contributed by atoms with van der Waals surface area (Å²) in [6.45, 7) is 5.09. The Morgan fingerprint density at radius 2 is 1.89 bits per heavy atom. The molecule has 0 fully saturated rings. The molecule has 18 heavy (non-hydrogen) atoms. The van der Waals surface area contributed by atoms with Crippen LogP contribution in [0, 0.1) is 0 Å². The smallest absolute Gasteiger partial charge is 0.407 e. The minimum Gasteiger partial charge on any atom is -0.481 e. The Hall–Kier alpha value is -1.79. The number of carboxylic acids is 1. The normalized spacial score (nSPS) is 12.6. The van der Waals surface area contributed by atoms with E-state index in [-0.39, 0.29) is 19.3 Å². The maximum absolute atomic E-state index is 11.5. The van der Waals surface area contributed by atoms with Crippen molar-refractivity contribution in [3.05, 3.63) is 0 Å². The van der Waals surface area contributed by atoms with E-state index in [1.54, 1.807) is 20.8 Å². The van der Waals surface area contributed by atoms with Crippen LogP contribution in [0.3, 0.4) is 0 Å². The molecule has 4 N–H and O–H groups in total. The largest absolute Gasteiger partial charge is 0.481 e. The number of ether oxygens (including phenoxy) is 1. The number of carbonyl (C=O) groups excluding carboxylic acids is 2. The summed E-state index contributed by atoms with van der Waals surface area (Å²) in [5, 5.41) is 11.1. The summed E-state index contributed by atoms with van der Waals surface area (Å²) < 4.78 is 5.00. The van der Waals surface area contributed by atoms with Gasteiger partial charge in [0.2, 0.25) is 5.91 Å². The maximum atomic E-state index is 11.5. The second-order valence-electron chi connectivity index (χ2n) is 4.95. The molecule has 0 aromatic carbocycles. The minimum atomic E-state index is -1.07. The SMILES string of the molecule is CC(C)(C)OC(=O)N[C@H](CCC(N)=O)CC(=O)O. The quantitative estimate of drug-likeness (QED) is 0.646. The monoisotopic (exact) mass is 260 g/mol. The van der Waals surface area contributed by atoms with Gasteiger partial charge in [0.25, 0.3) is 0 Å². The van der Waals surface area contributed by atoms with E-state index in [0.29, 0.717) is 0 Å². The molecule has 0 aliphatic rings. The number of carbonyl (C=O) groups is 3. The summed E-state index contributed by atoms with van der Waals surface area (Å²) in [7, 11) is 0. The van der Waals surface area contributed by atoms with E-state index in [2.05, 4.69) is 5.32 Å². The summed E-state index contributed by atoms with van der Waals surface area (Å²) >= 11 is 0. The number of nitrogens with one attached hydrogen (secondary N) is 1. The van der Waals surface area contributed by atoms with Gasteiger partial charge in [-0.3, -0.25) is 9.59 Å². The predicted molar refractivity (Wildman–Crippen MR) is 63.8 cm³/mol. The fourth-order valence-corrected chi connectivity index (χ4v) is 1.23. The number of nitrogens with two attached hydrogens (primary N) is 1. The highest BCUT2D eigenvalue weighted by molar-refractivity contribution is 5.74. The first-order valence-corrected chi connectivity index (χ1v) is 5.60. The molecule has 0 aliphatic heterocycles. The number of amides is 2. The lowest BCUT2D eigenvalue weighted by Crippen LogP contribution is -2.40. The van der Waals surface area contributed by atoms with Crippen LogP contribution in [0.25, 0.3) is 0 Å². The van der Waals surface area contributed by atoms with E-state index in [0.717, 1.165) is 0 Å². The Morgan fingerprint density at radius 1 is 1.33 bits per heavy atom. The van der Waals surface area contributed by atoms with Crippen molar-refractivity contribution in [2.45, 2.75) is 51.7 Å². The molecule has 104 valence electrons. The van der Waals surface area contributed by atoms with Crippen LogP contribution < -0.4 is 11.1 Å². The molecule has 7 nitrogen and oxygen atoms in total. The first-order chi connectivity index (χ1) is 8.10. The van der Waals surface area contributed by atoms with Gasteiger partial charge in [0.1, 0.15) is 5.60 Å². The zero-order chi connectivity index (χ0) is 14.3. The van der Waals surface area contributed by atoms with Crippen molar-refractivity contribution in [3.8, 4) is 0 Å². The summed E-state index contributed by atoms with van der Waals surface area (Å²) in [5.74, 6) is -1.61. The van der Waals surface area contributed by atoms with Gasteiger partial charge < -0.3 is 20.9 Å². The number of alkyl carbamates (subject to hydrolysis) is 1. The molecule has 0 aromatic rings. The standard InChI is InChI=1S/C11H20N2O5/c1-11(2,3)18-10(17)13-7(6-9(15)16)4-5-8(12)14/h7H,4-6H2,1-3H3,(H2,12,14)(H,13,17)(H,15,16)/t7-/m1/s1. The molecule has 0 aromatic heterocycles. The van der Waals surface area contributed by atoms with Crippen LogP contribution in [0.1, 0.15) is 40.0 Å². The Kier molecular flexibility index (Phi) is 6.15. The molecular weight excluding hydrogens is 240 g/mol. The molecule has 2 amide bonds. The lowest BCUT2D eigenvalue weighted by molar-refractivity contribution is -0.137. The average Bonchev–Trinajstić information content (AvgIpc) is 2.09. The molecule has 0 unspecified atom stereocenters. The first-order valence-electron chi connectivity index (χ1n) is 5.60. The van der Waals surface area contributed by atoms with E-state index in [4.69, 9.17) is 15.6 Å². The number of hydrogen-bond acceptors (Lipinski definition) is 4. The Bertz CT molecular complexity index is 322. The highest BCUT2D eigenvalue weighted by Crippen LogP contribution is 2.08. The van der Waals surface area contributed by atoms with Crippen molar-refractivity contribution >= 4 is 18.0 Å². The fourth-order valence-electron chi connectivity index (χ4n) is 1.23. The molecule has 0 heterocycles. The summed E-state index contributed by atoms with van der Waals surface area (Å²) in [6.07, 6.45) is -0.820. The molecule has 0 rings (SSSR count). The molecule has 0 aliphatic carbocycles. The third-order valence-electron chi connectivity index (χ3n) is 1.88. The Labute approximate surface area is 106 Å². The lowest BCUT2D eigenvalue weighted by atomic mass is 10.1. The van der Waals surface area contributed by atoms with Crippen LogP contribution in [-0.2, 0) is 14.3 Å². The first kappa shape index (κ1) is 16.2. The number of carboxylic acid groups (broad SMARTS) is 1. The van der Waals surface area contributed by atoms with Crippen LogP contribution in [0.15, 0.2) is 0 Å². The number of rotatable bonds is 6. The Morgan fingerprint density at radius 3 is 2.28 bits per heavy atom. The molecular formula is C11H20N2O5. The van der Waals surface area contributed by atoms with Crippen LogP contribution in [0.4, 0.5) is 4.79 Å². The average molecular weight is 260 g/mol. The van der Waals surface area contributed by atoms with E-state index in [1.807, 2.05) is 0 Å². The molecule has 7 heteroatoms. The lowest BCUT2D eigenvalue weighted by Gasteiger charge is -2.22. The van der Waals surface area contributed by atoms with Crippen LogP contribution >= 0.6 is 0 Å². The van der Waals surface area contributed by atoms with E-state index >= 15 is 0 Å². The van der Waals surface area contributed by atoms with Crippen LogP contribution in [0.2, 0.25) is 0 Å². The fraction of sp³-hybridized carbons (Fsp3) is 0.727. The zero-order valence-corrected chi connectivity index (χ0v) is 10.9. The summed E-state index contributed by atoms with van der Waals surface area (Å²) in [4.78, 5) is 32.7. The molecule has 0 saturated carbocycles. The number of hydrogen-bond donors (Lipinski definition) is 3. The van der Waals surface area contributed by atoms with Crippen molar-refractivity contribution < 1.29 is 24.2 Å². The van der Waals surface area contributed by atoms with E-state index in [9.17, 15) is 14.4 Å². The van der Waals surface area contributed by atoms with Crippen molar-refractivity contribution in [2.24, 2.45) is 5.73 Å². The topological polar surface area (TPSA) is 119 Å². The van der Waals surface area contributed by atoms with E-state index in [1.165, 1.54) is 0 Å². The third kappa shape index (κ3) is 9.44. The maximum Gasteiger partial charge on any atom is 0.407 e. The molecule has 0 saturated heterocycles. The minimum absolute atomic E-state index is 0.00768. The highest BCUT2D eigenvalue weighted by atomic mass is 16.6. The van der Waals surface area contributed by atoms with Gasteiger partial charge in [-0.1, -0.05) is 0 Å². The summed E-state index contributed by atoms with van der Waals surface area (Å²) in [5.41, 5.74) is 4.31. The third-order valence-corrected chi connectivity index (χ3v) is 1.88. The zero-order valence-electron chi connectivity index (χ0n) is 10.9. The number of primary amides is 1. The van der Waals surface area contributed by atoms with Crippen molar-refractivity contribution in [3.63, 3.8) is 0 Å². The second-order valence-corrected chi connectivity index (χ2v) is 4.95. The van der Waals surface area contributed by atoms with Gasteiger partial charge in [-0.2, -0.15) is 0 Å². The van der Waals surface area contributed by atoms with Crippen LogP contribution in [0.5, 0.6) is 0 Å². The molecule has 0 bridgehead atoms. The predicted octanol–water partition coefficient (Wildman–Crippen LogP) is 0.620. The molecule has 1 atom stereocenters. The van der Waals surface area contributed by atoms with E-state index < -0.39 is 29.6 Å². The van der Waals surface area contributed by atoms with Crippen LogP contribution in [-0.4, -0.2) is 34.7 Å². The van der Waals surface area contributed by atoms with Gasteiger partial charge in [-0.25, -0.2) is 4.79 Å². The van der Waals surface area contributed by atoms with Gasteiger partial charge in [0.05, 0.1) is 6.42 Å². The van der Waals surface area contributed by atoms with Crippen molar-refractivity contribution in [2.75, 3.05) is 0 Å². The van der Waals surface area contributed by atoms with Gasteiger partial charge in [-0.05, 0) is 27.2 Å².